The molecule has 0 radical (unpaired) electrons. The van der Waals surface area contributed by atoms with Gasteiger partial charge in [0.2, 0.25) is 11.8 Å². The van der Waals surface area contributed by atoms with E-state index in [9.17, 15) is 19.2 Å². The number of allylic oxidation sites excluding steroid dienone is 2. The second kappa shape index (κ2) is 11.2. The van der Waals surface area contributed by atoms with E-state index in [-0.39, 0.29) is 19.0 Å². The molecule has 1 aromatic rings. The summed E-state index contributed by atoms with van der Waals surface area (Å²) in [6.07, 6.45) is 3.61. The van der Waals surface area contributed by atoms with Crippen molar-refractivity contribution in [3.63, 3.8) is 0 Å². The van der Waals surface area contributed by atoms with Crippen LogP contribution in [0.15, 0.2) is 36.1 Å². The molecule has 2 rings (SSSR count). The largest absolute Gasteiger partial charge is 0.497 e. The first-order valence-corrected chi connectivity index (χ1v) is 10.4. The number of ether oxygens (including phenoxy) is 2. The number of anilines is 1. The smallest absolute Gasteiger partial charge is 0.313 e. The molecule has 10 nitrogen and oxygen atoms in total. The molecule has 0 aliphatic carbocycles. The minimum atomic E-state index is -1.34. The Bertz CT molecular complexity index is 997. The van der Waals surface area contributed by atoms with Crippen molar-refractivity contribution < 1.29 is 28.7 Å². The molecule has 0 aromatic heterocycles. The van der Waals surface area contributed by atoms with Gasteiger partial charge in [0.25, 0.3) is 0 Å². The summed E-state index contributed by atoms with van der Waals surface area (Å²) in [5.41, 5.74) is 1.75. The fourth-order valence-corrected chi connectivity index (χ4v) is 3.06. The maximum absolute atomic E-state index is 12.4. The quantitative estimate of drug-likeness (QED) is 0.340. The third-order valence-corrected chi connectivity index (χ3v) is 4.80. The molecule has 0 fully saturated rings. The Morgan fingerprint density at radius 3 is 2.42 bits per heavy atom. The van der Waals surface area contributed by atoms with Crippen LogP contribution >= 0.6 is 0 Å². The van der Waals surface area contributed by atoms with Gasteiger partial charge in [-0.1, -0.05) is 0 Å². The average molecular weight is 459 g/mol. The molecule has 0 unspecified atom stereocenters. The summed E-state index contributed by atoms with van der Waals surface area (Å²) in [5, 5.41) is 10.1. The zero-order valence-electron chi connectivity index (χ0n) is 19.5. The predicted octanol–water partition coefficient (Wildman–Crippen LogP) is 1.10. The van der Waals surface area contributed by atoms with Crippen LogP contribution in [0.4, 0.5) is 5.69 Å². The normalized spacial score (nSPS) is 13.0. The van der Waals surface area contributed by atoms with E-state index >= 15 is 0 Å². The lowest BCUT2D eigenvalue weighted by molar-refractivity contribution is -0.139. The molecule has 0 spiro atoms. The highest BCUT2D eigenvalue weighted by Gasteiger charge is 2.31. The van der Waals surface area contributed by atoms with Crippen molar-refractivity contribution in [3.05, 3.63) is 41.7 Å². The van der Waals surface area contributed by atoms with Gasteiger partial charge in [0, 0.05) is 37.3 Å². The van der Waals surface area contributed by atoms with Crippen LogP contribution in [-0.4, -0.2) is 56.0 Å². The number of nitrogens with one attached hydrogen (secondary N) is 4. The van der Waals surface area contributed by atoms with Crippen molar-refractivity contribution in [1.82, 2.24) is 16.0 Å². The summed E-state index contributed by atoms with van der Waals surface area (Å²) in [5.74, 6) is -2.08. The molecule has 178 valence electrons. The summed E-state index contributed by atoms with van der Waals surface area (Å²) in [4.78, 5) is 48.0. The SMILES string of the molecule is COc1cc(NC(=O)C(=O)NC(C)(C)C(=O)NCCNC(C)=O)ccc1C1=CCOC=C1C. The van der Waals surface area contributed by atoms with E-state index in [0.29, 0.717) is 18.0 Å². The van der Waals surface area contributed by atoms with E-state index in [4.69, 9.17) is 9.47 Å². The fraction of sp³-hybridized carbons (Fsp3) is 0.391. The summed E-state index contributed by atoms with van der Waals surface area (Å²) >= 11 is 0. The van der Waals surface area contributed by atoms with Gasteiger partial charge in [0.05, 0.1) is 13.4 Å². The Balaban J connectivity index is 2.00. The number of methoxy groups -OCH3 is 1. The summed E-state index contributed by atoms with van der Waals surface area (Å²) < 4.78 is 10.7. The number of amides is 4. The Labute approximate surface area is 192 Å². The van der Waals surface area contributed by atoms with Crippen molar-refractivity contribution in [1.29, 1.82) is 0 Å². The lowest BCUT2D eigenvalue weighted by Gasteiger charge is -2.25. The van der Waals surface area contributed by atoms with Gasteiger partial charge in [0.15, 0.2) is 0 Å². The maximum Gasteiger partial charge on any atom is 0.313 e. The van der Waals surface area contributed by atoms with Gasteiger partial charge in [-0.05, 0) is 50.1 Å². The zero-order chi connectivity index (χ0) is 24.6. The lowest BCUT2D eigenvalue weighted by Crippen LogP contribution is -2.57. The molecule has 1 aliphatic rings. The van der Waals surface area contributed by atoms with Crippen LogP contribution < -0.4 is 26.0 Å². The number of rotatable bonds is 8. The minimum absolute atomic E-state index is 0.188. The van der Waals surface area contributed by atoms with Crippen molar-refractivity contribution in [3.8, 4) is 5.75 Å². The second-order valence-electron chi connectivity index (χ2n) is 7.94. The molecule has 0 atom stereocenters. The molecular formula is C23H30N4O6. The minimum Gasteiger partial charge on any atom is -0.497 e. The maximum atomic E-state index is 12.4. The van der Waals surface area contributed by atoms with Gasteiger partial charge in [-0.15, -0.1) is 0 Å². The number of carbonyl (C=O) groups excluding carboxylic acids is 4. The molecule has 0 bridgehead atoms. The van der Waals surface area contributed by atoms with E-state index in [1.807, 2.05) is 13.0 Å². The number of benzene rings is 1. The predicted molar refractivity (Wildman–Crippen MR) is 123 cm³/mol. The molecule has 1 aromatic carbocycles. The van der Waals surface area contributed by atoms with E-state index < -0.39 is 23.3 Å². The van der Waals surface area contributed by atoms with Crippen molar-refractivity contribution >= 4 is 34.9 Å². The third-order valence-electron chi connectivity index (χ3n) is 4.80. The molecule has 4 amide bonds. The summed E-state index contributed by atoms with van der Waals surface area (Å²) in [6, 6.07) is 5.06. The van der Waals surface area contributed by atoms with Gasteiger partial charge in [-0.25, -0.2) is 0 Å². The van der Waals surface area contributed by atoms with E-state index in [1.54, 1.807) is 24.5 Å². The second-order valence-corrected chi connectivity index (χ2v) is 7.94. The van der Waals surface area contributed by atoms with Crippen LogP contribution in [0.25, 0.3) is 5.57 Å². The van der Waals surface area contributed by atoms with E-state index in [0.717, 1.165) is 16.7 Å². The molecule has 10 heteroatoms. The number of carbonyl (C=O) groups is 4. The highest BCUT2D eigenvalue weighted by atomic mass is 16.5. The van der Waals surface area contributed by atoms with Gasteiger partial charge in [-0.2, -0.15) is 0 Å². The topological polar surface area (TPSA) is 135 Å². The summed E-state index contributed by atoms with van der Waals surface area (Å²) in [7, 11) is 1.52. The van der Waals surface area contributed by atoms with Crippen LogP contribution in [0.3, 0.4) is 0 Å². The Kier molecular flexibility index (Phi) is 8.61. The van der Waals surface area contributed by atoms with Crippen LogP contribution in [0.5, 0.6) is 5.75 Å². The highest BCUT2D eigenvalue weighted by Crippen LogP contribution is 2.34. The van der Waals surface area contributed by atoms with Crippen molar-refractivity contribution in [2.75, 3.05) is 32.1 Å². The molecule has 0 saturated heterocycles. The Morgan fingerprint density at radius 2 is 1.79 bits per heavy atom. The molecule has 1 aliphatic heterocycles. The molecular weight excluding hydrogens is 428 g/mol. The first-order chi connectivity index (χ1) is 15.5. The first kappa shape index (κ1) is 25.4. The Hall–Kier alpha value is -3.82. The fourth-order valence-electron chi connectivity index (χ4n) is 3.06. The number of hydrogen-bond acceptors (Lipinski definition) is 6. The van der Waals surface area contributed by atoms with Gasteiger partial charge in [0.1, 0.15) is 17.9 Å². The van der Waals surface area contributed by atoms with E-state index in [2.05, 4.69) is 21.3 Å². The molecule has 4 N–H and O–H groups in total. The standard InChI is InChI=1S/C23H30N4O6/c1-14-13-33-11-8-17(14)18-7-6-16(12-19(18)32-5)26-20(29)21(30)27-23(3,4)22(31)25-10-9-24-15(2)28/h6-8,12-13H,9-11H2,1-5H3,(H,24,28)(H,25,31)(H,26,29)(H,27,30). The molecule has 33 heavy (non-hydrogen) atoms. The third kappa shape index (κ3) is 7.09. The summed E-state index contributed by atoms with van der Waals surface area (Å²) in [6.45, 7) is 7.12. The molecule has 0 saturated carbocycles. The Morgan fingerprint density at radius 1 is 1.09 bits per heavy atom. The van der Waals surface area contributed by atoms with Crippen LogP contribution in [0.1, 0.15) is 33.3 Å². The van der Waals surface area contributed by atoms with Crippen LogP contribution in [0.2, 0.25) is 0 Å². The van der Waals surface area contributed by atoms with Crippen LogP contribution in [0, 0.1) is 0 Å². The van der Waals surface area contributed by atoms with Gasteiger partial charge in [-0.3, -0.25) is 19.2 Å². The average Bonchev–Trinajstić information content (AvgIpc) is 2.76. The number of hydrogen-bond donors (Lipinski definition) is 4. The highest BCUT2D eigenvalue weighted by molar-refractivity contribution is 6.40. The van der Waals surface area contributed by atoms with E-state index in [1.165, 1.54) is 27.9 Å². The van der Waals surface area contributed by atoms with Gasteiger partial charge < -0.3 is 30.7 Å². The molecule has 1 heterocycles. The monoisotopic (exact) mass is 458 g/mol. The lowest BCUT2D eigenvalue weighted by atomic mass is 9.97. The van der Waals surface area contributed by atoms with Crippen molar-refractivity contribution in [2.24, 2.45) is 0 Å². The first-order valence-electron chi connectivity index (χ1n) is 10.4. The zero-order valence-corrected chi connectivity index (χ0v) is 19.5. The van der Waals surface area contributed by atoms with Crippen molar-refractivity contribution in [2.45, 2.75) is 33.2 Å². The van der Waals surface area contributed by atoms with Gasteiger partial charge >= 0.3 is 11.8 Å². The van der Waals surface area contributed by atoms with Crippen LogP contribution in [-0.2, 0) is 23.9 Å².